The van der Waals surface area contributed by atoms with Crippen LogP contribution in [-0.2, 0) is 10.0 Å². The van der Waals surface area contributed by atoms with E-state index in [4.69, 9.17) is 0 Å². The Morgan fingerprint density at radius 3 is 2.41 bits per heavy atom. The van der Waals surface area contributed by atoms with Crippen molar-refractivity contribution in [3.8, 4) is 0 Å². The topological polar surface area (TPSA) is 73.0 Å². The van der Waals surface area contributed by atoms with Gasteiger partial charge in [-0.2, -0.15) is 4.31 Å². The van der Waals surface area contributed by atoms with Gasteiger partial charge in [-0.05, 0) is 43.2 Å². The smallest absolute Gasteiger partial charge is 0.255 e. The predicted molar refractivity (Wildman–Crippen MR) is 114 cm³/mol. The molecule has 2 aromatic carbocycles. The van der Waals surface area contributed by atoms with Gasteiger partial charge < -0.3 is 15.1 Å². The molecule has 0 atom stereocenters. The second-order valence-electron chi connectivity index (χ2n) is 7.52. The maximum absolute atomic E-state index is 13.1. The molecule has 29 heavy (non-hydrogen) atoms. The number of para-hydroxylation sites is 1. The zero-order chi connectivity index (χ0) is 20.6. The number of sulfonamides is 1. The third-order valence-corrected chi connectivity index (χ3v) is 7.53. The summed E-state index contributed by atoms with van der Waals surface area (Å²) in [6, 6.07) is 12.6. The highest BCUT2D eigenvalue weighted by Crippen LogP contribution is 2.36. The monoisotopic (exact) mass is 414 g/mol. The molecule has 154 valence electrons. The first kappa shape index (κ1) is 19.7. The second kappa shape index (κ2) is 7.68. The largest absolute Gasteiger partial charge is 0.382 e. The first-order chi connectivity index (χ1) is 13.9. The van der Waals surface area contributed by atoms with E-state index in [2.05, 4.69) is 5.32 Å². The van der Waals surface area contributed by atoms with Gasteiger partial charge >= 0.3 is 0 Å². The fraction of sp³-hybridized carbons (Fsp3) is 0.381. The summed E-state index contributed by atoms with van der Waals surface area (Å²) in [5, 5.41) is 3.35. The number of nitrogens with one attached hydrogen (secondary N) is 1. The summed E-state index contributed by atoms with van der Waals surface area (Å²) < 4.78 is 27.7. The highest BCUT2D eigenvalue weighted by molar-refractivity contribution is 7.89. The van der Waals surface area contributed by atoms with Crippen LogP contribution in [0.2, 0.25) is 0 Å². The molecular formula is C21H26N4O3S. The number of benzene rings is 2. The number of carbonyl (C=O) groups is 1. The fourth-order valence-electron chi connectivity index (χ4n) is 3.92. The highest BCUT2D eigenvalue weighted by atomic mass is 32.2. The van der Waals surface area contributed by atoms with Crippen molar-refractivity contribution in [2.75, 3.05) is 50.5 Å². The zero-order valence-corrected chi connectivity index (χ0v) is 17.6. The lowest BCUT2D eigenvalue weighted by Crippen LogP contribution is -2.33. The SMILES string of the molecule is CN1CCNc2ccc(S(=O)(=O)N3CCCC3)cc2N(C)c2ccccc2C1=O. The number of carbonyl (C=O) groups excluding carboxylic acids is 1. The summed E-state index contributed by atoms with van der Waals surface area (Å²) in [7, 11) is 0.122. The van der Waals surface area contributed by atoms with Gasteiger partial charge in [0.15, 0.2) is 0 Å². The molecule has 1 N–H and O–H groups in total. The normalized spacial score (nSPS) is 18.2. The zero-order valence-electron chi connectivity index (χ0n) is 16.8. The van der Waals surface area contributed by atoms with Gasteiger partial charge in [-0.3, -0.25) is 4.79 Å². The summed E-state index contributed by atoms with van der Waals surface area (Å²) >= 11 is 0. The van der Waals surface area contributed by atoms with Gasteiger partial charge in [0, 0.05) is 40.3 Å². The van der Waals surface area contributed by atoms with Gasteiger partial charge in [-0.15, -0.1) is 0 Å². The quantitative estimate of drug-likeness (QED) is 0.818. The Bertz CT molecular complexity index is 1030. The number of anilines is 3. The van der Waals surface area contributed by atoms with Crippen LogP contribution in [0, 0.1) is 0 Å². The number of fused-ring (bicyclic) bond motifs is 2. The maximum atomic E-state index is 13.1. The van der Waals surface area contributed by atoms with Crippen LogP contribution < -0.4 is 10.2 Å². The van der Waals surface area contributed by atoms with E-state index in [-0.39, 0.29) is 10.8 Å². The molecule has 0 radical (unpaired) electrons. The van der Waals surface area contributed by atoms with Crippen molar-refractivity contribution in [3.05, 3.63) is 48.0 Å². The predicted octanol–water partition coefficient (Wildman–Crippen LogP) is 2.74. The summed E-state index contributed by atoms with van der Waals surface area (Å²) in [5.41, 5.74) is 2.91. The van der Waals surface area contributed by atoms with Gasteiger partial charge in [0.1, 0.15) is 0 Å². The Balaban J connectivity index is 1.83. The molecule has 0 bridgehead atoms. The van der Waals surface area contributed by atoms with Crippen LogP contribution in [0.3, 0.4) is 0 Å². The number of nitrogens with zero attached hydrogens (tertiary/aromatic N) is 3. The van der Waals surface area contributed by atoms with E-state index in [1.807, 2.05) is 42.3 Å². The van der Waals surface area contributed by atoms with Gasteiger partial charge in [-0.25, -0.2) is 8.42 Å². The first-order valence-electron chi connectivity index (χ1n) is 9.86. The van der Waals surface area contributed by atoms with Crippen LogP contribution in [0.25, 0.3) is 0 Å². The van der Waals surface area contributed by atoms with E-state index in [1.54, 1.807) is 28.4 Å². The van der Waals surface area contributed by atoms with Crippen LogP contribution in [-0.4, -0.2) is 63.8 Å². The molecule has 2 aliphatic heterocycles. The maximum Gasteiger partial charge on any atom is 0.255 e. The molecular weight excluding hydrogens is 388 g/mol. The Kier molecular flexibility index (Phi) is 5.23. The van der Waals surface area contributed by atoms with E-state index in [0.717, 1.165) is 29.9 Å². The molecule has 1 amide bonds. The number of hydrogen-bond acceptors (Lipinski definition) is 5. The molecule has 2 aromatic rings. The van der Waals surface area contributed by atoms with Crippen molar-refractivity contribution < 1.29 is 13.2 Å². The van der Waals surface area contributed by atoms with Crippen molar-refractivity contribution >= 4 is 33.0 Å². The molecule has 0 aromatic heterocycles. The summed E-state index contributed by atoms with van der Waals surface area (Å²) in [5.74, 6) is -0.0569. The van der Waals surface area contributed by atoms with E-state index < -0.39 is 10.0 Å². The van der Waals surface area contributed by atoms with E-state index >= 15 is 0 Å². The lowest BCUT2D eigenvalue weighted by atomic mass is 10.1. The molecule has 7 nitrogen and oxygen atoms in total. The minimum absolute atomic E-state index is 0.0569. The minimum atomic E-state index is -3.53. The van der Waals surface area contributed by atoms with Crippen LogP contribution in [0.4, 0.5) is 17.1 Å². The molecule has 0 spiro atoms. The number of amides is 1. The Morgan fingerprint density at radius 1 is 0.931 bits per heavy atom. The third kappa shape index (κ3) is 3.58. The van der Waals surface area contributed by atoms with Gasteiger partial charge in [-0.1, -0.05) is 12.1 Å². The highest BCUT2D eigenvalue weighted by Gasteiger charge is 2.29. The molecule has 4 rings (SSSR count). The van der Waals surface area contributed by atoms with Gasteiger partial charge in [0.25, 0.3) is 5.91 Å². The number of hydrogen-bond donors (Lipinski definition) is 1. The molecule has 2 aliphatic rings. The molecule has 0 aliphatic carbocycles. The van der Waals surface area contributed by atoms with Gasteiger partial charge in [0.2, 0.25) is 10.0 Å². The average Bonchev–Trinajstić information content (AvgIpc) is 3.28. The second-order valence-corrected chi connectivity index (χ2v) is 9.46. The van der Waals surface area contributed by atoms with Gasteiger partial charge in [0.05, 0.1) is 27.5 Å². The number of likely N-dealkylation sites (N-methyl/N-ethyl adjacent to an activating group) is 1. The lowest BCUT2D eigenvalue weighted by molar-refractivity contribution is 0.0801. The molecule has 0 saturated carbocycles. The van der Waals surface area contributed by atoms with E-state index in [9.17, 15) is 13.2 Å². The van der Waals surface area contributed by atoms with Crippen molar-refractivity contribution in [1.29, 1.82) is 0 Å². The molecule has 8 heteroatoms. The fourth-order valence-corrected chi connectivity index (χ4v) is 5.46. The van der Waals surface area contributed by atoms with Crippen LogP contribution in [0.15, 0.2) is 47.4 Å². The average molecular weight is 415 g/mol. The van der Waals surface area contributed by atoms with Crippen molar-refractivity contribution in [2.24, 2.45) is 0 Å². The third-order valence-electron chi connectivity index (χ3n) is 5.64. The molecule has 0 unspecified atom stereocenters. The van der Waals surface area contributed by atoms with Crippen molar-refractivity contribution in [2.45, 2.75) is 17.7 Å². The van der Waals surface area contributed by atoms with Crippen LogP contribution in [0.1, 0.15) is 23.2 Å². The Hall–Kier alpha value is -2.58. The summed E-state index contributed by atoms with van der Waals surface area (Å²) in [6.45, 7) is 2.25. The van der Waals surface area contributed by atoms with Crippen molar-refractivity contribution in [3.63, 3.8) is 0 Å². The minimum Gasteiger partial charge on any atom is -0.382 e. The van der Waals surface area contributed by atoms with E-state index in [1.165, 1.54) is 0 Å². The molecule has 1 fully saturated rings. The summed E-state index contributed by atoms with van der Waals surface area (Å²) in [6.07, 6.45) is 1.79. The van der Waals surface area contributed by atoms with Crippen molar-refractivity contribution in [1.82, 2.24) is 9.21 Å². The molecule has 2 heterocycles. The Labute approximate surface area is 172 Å². The number of rotatable bonds is 2. The molecule has 1 saturated heterocycles. The Morgan fingerprint density at radius 2 is 1.66 bits per heavy atom. The standard InChI is InChI=1S/C21H26N4O3S/c1-23-14-11-22-18-10-9-16(29(27,28)25-12-5-6-13-25)15-20(18)24(2)19-8-4-3-7-17(19)21(23)26/h3-4,7-10,15,22H,5-6,11-14H2,1-2H3. The lowest BCUT2D eigenvalue weighted by Gasteiger charge is -2.29. The van der Waals surface area contributed by atoms with Crippen LogP contribution >= 0.6 is 0 Å². The summed E-state index contributed by atoms with van der Waals surface area (Å²) in [4.78, 5) is 16.7. The van der Waals surface area contributed by atoms with Crippen LogP contribution in [0.5, 0.6) is 0 Å². The van der Waals surface area contributed by atoms with E-state index in [0.29, 0.717) is 31.7 Å². The first-order valence-corrected chi connectivity index (χ1v) is 11.3.